The van der Waals surface area contributed by atoms with Crippen LogP contribution in [0.25, 0.3) is 0 Å². The monoisotopic (exact) mass is 590 g/mol. The van der Waals surface area contributed by atoms with Crippen LogP contribution in [0, 0.1) is 10.1 Å². The van der Waals surface area contributed by atoms with Crippen LogP contribution in [0.5, 0.6) is 11.5 Å². The van der Waals surface area contributed by atoms with Gasteiger partial charge in [-0.2, -0.15) is 0 Å². The predicted octanol–water partition coefficient (Wildman–Crippen LogP) is 7.25. The Morgan fingerprint density at radius 3 is 2.41 bits per heavy atom. The molecule has 1 heterocycles. The zero-order chi connectivity index (χ0) is 31.3. The molecule has 226 valence electrons. The highest BCUT2D eigenvalue weighted by Crippen LogP contribution is 2.43. The smallest absolute Gasteiger partial charge is 0.270 e. The number of hydrogen-bond acceptors (Lipinski definition) is 5. The molecule has 0 radical (unpaired) electrons. The first kappa shape index (κ1) is 30.6. The first-order valence-electron chi connectivity index (χ1n) is 15.0. The zero-order valence-corrected chi connectivity index (χ0v) is 25.8. The molecule has 1 aliphatic heterocycles. The topological polar surface area (TPSA) is 81.5 Å². The lowest BCUT2D eigenvalue weighted by Gasteiger charge is -2.32. The number of nitrogens with two attached hydrogens (primary N) is 1. The minimum atomic E-state index is -0.680. The van der Waals surface area contributed by atoms with Crippen LogP contribution < -0.4 is 19.7 Å². The number of anilines is 1. The van der Waals surface area contributed by atoms with Crippen molar-refractivity contribution in [2.45, 2.75) is 45.1 Å². The Kier molecular flexibility index (Phi) is 9.16. The number of hydrogen-bond donors (Lipinski definition) is 1. The van der Waals surface area contributed by atoms with Crippen molar-refractivity contribution in [1.29, 1.82) is 0 Å². The number of benzene rings is 4. The van der Waals surface area contributed by atoms with Gasteiger partial charge in [-0.3, -0.25) is 10.1 Å². The number of fused-ring (bicyclic) bond motifs is 1. The fourth-order valence-corrected chi connectivity index (χ4v) is 5.66. The second kappa shape index (κ2) is 13.2. The number of para-hydroxylation sites is 2. The third-order valence-electron chi connectivity index (χ3n) is 8.11. The summed E-state index contributed by atoms with van der Waals surface area (Å²) in [7, 11) is 1.97. The van der Waals surface area contributed by atoms with Crippen molar-refractivity contribution in [1.82, 2.24) is 0 Å². The van der Waals surface area contributed by atoms with Crippen molar-refractivity contribution in [3.8, 4) is 11.5 Å². The Hall–Kier alpha value is -4.88. The number of nitro groups is 1. The van der Waals surface area contributed by atoms with Crippen molar-refractivity contribution in [3.05, 3.63) is 148 Å². The molecular formula is C37H40N3O4+. The standard InChI is InChI=1S/C37H39N3O4/c1-26(2)43-31-18-15-28(16-19-31)21-22-38-33-20-17-30(40(41)42)24-32(33)37(4,25-29-11-7-6-8-12-29)27(3)23-36-39(5)34-13-9-10-14-35(34)44-36/h6-20,23-24,26,38H,3,21-22,25H2,1-2,4-5H3/p+1/b36-23-. The van der Waals surface area contributed by atoms with Gasteiger partial charge in [-0.05, 0) is 61.2 Å². The molecule has 4 aromatic rings. The van der Waals surface area contributed by atoms with Gasteiger partial charge < -0.3 is 19.7 Å². The van der Waals surface area contributed by atoms with Crippen LogP contribution in [0.4, 0.5) is 17.1 Å². The molecule has 0 aliphatic carbocycles. The largest absolute Gasteiger partial charge is 0.491 e. The molecule has 1 aliphatic rings. The molecule has 0 amide bonds. The van der Waals surface area contributed by atoms with Crippen molar-refractivity contribution in [2.75, 3.05) is 18.5 Å². The molecule has 5 rings (SSSR count). The van der Waals surface area contributed by atoms with Crippen LogP contribution in [0.3, 0.4) is 0 Å². The molecule has 7 heteroatoms. The summed E-state index contributed by atoms with van der Waals surface area (Å²) in [4.78, 5) is 13.7. The molecule has 1 atom stereocenters. The lowest BCUT2D eigenvalue weighted by atomic mass is 9.71. The van der Waals surface area contributed by atoms with E-state index in [1.807, 2.05) is 92.5 Å². The third-order valence-corrected chi connectivity index (χ3v) is 8.11. The van der Waals surface area contributed by atoms with Crippen LogP contribution in [-0.2, 0) is 18.3 Å². The van der Waals surface area contributed by atoms with E-state index in [-0.39, 0.29) is 16.7 Å². The van der Waals surface area contributed by atoms with Gasteiger partial charge in [0.25, 0.3) is 5.69 Å². The third kappa shape index (κ3) is 6.84. The molecule has 0 saturated heterocycles. The van der Waals surface area contributed by atoms with E-state index in [0.29, 0.717) is 12.3 Å². The van der Waals surface area contributed by atoms with E-state index in [1.54, 1.807) is 12.1 Å². The van der Waals surface area contributed by atoms with Crippen molar-refractivity contribution >= 4 is 17.1 Å². The molecule has 0 spiro atoms. The Balaban J connectivity index is 1.48. The molecule has 0 aromatic heterocycles. The van der Waals surface area contributed by atoms with E-state index in [2.05, 4.69) is 43.1 Å². The second-order valence-electron chi connectivity index (χ2n) is 11.7. The zero-order valence-electron chi connectivity index (χ0n) is 25.8. The molecule has 0 fully saturated rings. The van der Waals surface area contributed by atoms with Crippen LogP contribution >= 0.6 is 0 Å². The Morgan fingerprint density at radius 2 is 1.73 bits per heavy atom. The molecule has 7 nitrogen and oxygen atoms in total. The minimum Gasteiger partial charge on any atom is -0.491 e. The Labute approximate surface area is 259 Å². The second-order valence-corrected chi connectivity index (χ2v) is 11.7. The van der Waals surface area contributed by atoms with Gasteiger partial charge in [0.2, 0.25) is 5.88 Å². The summed E-state index contributed by atoms with van der Waals surface area (Å²) in [5, 5.41) is 14.2. The molecule has 2 N–H and O–H groups in total. The van der Waals surface area contributed by atoms with Gasteiger partial charge >= 0.3 is 0 Å². The van der Waals surface area contributed by atoms with Crippen molar-refractivity contribution in [2.24, 2.45) is 0 Å². The van der Waals surface area contributed by atoms with E-state index in [4.69, 9.17) is 9.47 Å². The maximum absolute atomic E-state index is 12.0. The van der Waals surface area contributed by atoms with Crippen LogP contribution in [0.2, 0.25) is 0 Å². The highest BCUT2D eigenvalue weighted by molar-refractivity contribution is 5.66. The van der Waals surface area contributed by atoms with Gasteiger partial charge in [0.1, 0.15) is 11.4 Å². The van der Waals surface area contributed by atoms with Crippen molar-refractivity contribution < 1.29 is 19.7 Å². The van der Waals surface area contributed by atoms with E-state index in [9.17, 15) is 10.1 Å². The predicted molar refractivity (Wildman–Crippen MR) is 176 cm³/mol. The Morgan fingerprint density at radius 1 is 1.02 bits per heavy atom. The van der Waals surface area contributed by atoms with Crippen LogP contribution in [-0.4, -0.2) is 24.6 Å². The number of quaternary nitrogens is 1. The molecule has 0 bridgehead atoms. The summed E-state index contributed by atoms with van der Waals surface area (Å²) in [5.74, 6) is 2.30. The van der Waals surface area contributed by atoms with Gasteiger partial charge in [-0.25, -0.2) is 0 Å². The lowest BCUT2D eigenvalue weighted by molar-refractivity contribution is -0.571. The highest BCUT2D eigenvalue weighted by atomic mass is 16.6. The summed E-state index contributed by atoms with van der Waals surface area (Å²) >= 11 is 0. The van der Waals surface area contributed by atoms with E-state index in [1.165, 1.54) is 5.56 Å². The number of allylic oxidation sites excluding steroid dienone is 2. The van der Waals surface area contributed by atoms with Crippen molar-refractivity contribution in [3.63, 3.8) is 0 Å². The quantitative estimate of drug-likeness (QED) is 0.107. The average molecular weight is 591 g/mol. The lowest BCUT2D eigenvalue weighted by Crippen LogP contribution is -2.79. The molecule has 0 saturated carbocycles. The van der Waals surface area contributed by atoms with Gasteiger partial charge in [-0.1, -0.05) is 68.1 Å². The van der Waals surface area contributed by atoms with Gasteiger partial charge in [0.15, 0.2) is 5.75 Å². The Bertz CT molecular complexity index is 1660. The number of nitro benzene ring substituents is 1. The fourth-order valence-electron chi connectivity index (χ4n) is 5.66. The fraction of sp³-hybridized carbons (Fsp3) is 0.243. The molecule has 4 aromatic carbocycles. The molecular weight excluding hydrogens is 550 g/mol. The normalized spacial score (nSPS) is 14.7. The summed E-state index contributed by atoms with van der Waals surface area (Å²) in [6.45, 7) is 11.5. The van der Waals surface area contributed by atoms with Gasteiger partial charge in [-0.15, -0.1) is 0 Å². The van der Waals surface area contributed by atoms with Crippen LogP contribution in [0.1, 0.15) is 37.5 Å². The van der Waals surface area contributed by atoms with E-state index in [0.717, 1.165) is 52.5 Å². The SMILES string of the molecule is C=C(/C=C1\Oc2ccccc2N1C)C(C)(Cc1ccccc1)c1cc([N+](=O)[O-])ccc1[NH2+]CCc1ccc(OC(C)C)cc1. The van der Waals surface area contributed by atoms with E-state index < -0.39 is 5.41 Å². The molecule has 1 unspecified atom stereocenters. The number of ether oxygens (including phenoxy) is 2. The molecule has 44 heavy (non-hydrogen) atoms. The highest BCUT2D eigenvalue weighted by Gasteiger charge is 2.36. The van der Waals surface area contributed by atoms with Crippen LogP contribution in [0.15, 0.2) is 121 Å². The summed E-state index contributed by atoms with van der Waals surface area (Å²) in [5.41, 5.74) is 5.27. The number of non-ortho nitro benzene ring substituents is 1. The minimum absolute atomic E-state index is 0.0549. The van der Waals surface area contributed by atoms with Gasteiger partial charge in [0.05, 0.1) is 23.3 Å². The first-order valence-corrected chi connectivity index (χ1v) is 15.0. The summed E-state index contributed by atoms with van der Waals surface area (Å²) < 4.78 is 12.0. The maximum Gasteiger partial charge on any atom is 0.270 e. The summed E-state index contributed by atoms with van der Waals surface area (Å²) in [6, 6.07) is 31.4. The summed E-state index contributed by atoms with van der Waals surface area (Å²) in [6.07, 6.45) is 3.52. The first-order chi connectivity index (χ1) is 21.1. The van der Waals surface area contributed by atoms with Gasteiger partial charge in [0, 0.05) is 48.7 Å². The average Bonchev–Trinajstić information content (AvgIpc) is 3.32. The van der Waals surface area contributed by atoms with E-state index >= 15 is 0 Å². The maximum atomic E-state index is 12.0. The number of nitrogens with zero attached hydrogens (tertiary/aromatic N) is 2. The number of rotatable bonds is 12.